The Kier molecular flexibility index (Phi) is 6.48. The van der Waals surface area contributed by atoms with Gasteiger partial charge in [0.1, 0.15) is 5.76 Å². The lowest BCUT2D eigenvalue weighted by atomic mass is 9.77. The van der Waals surface area contributed by atoms with Gasteiger partial charge in [0.15, 0.2) is 5.82 Å². The molecule has 3 rings (SSSR count). The Bertz CT molecular complexity index is 697. The number of hydrogen-bond donors (Lipinski definition) is 1. The van der Waals surface area contributed by atoms with Crippen LogP contribution in [-0.4, -0.2) is 11.1 Å². The summed E-state index contributed by atoms with van der Waals surface area (Å²) in [6.45, 7) is 4.07. The second-order valence-electron chi connectivity index (χ2n) is 7.61. The van der Waals surface area contributed by atoms with Crippen LogP contribution in [0, 0.1) is 12.8 Å². The van der Waals surface area contributed by atoms with Gasteiger partial charge in [-0.05, 0) is 62.1 Å². The molecule has 0 bridgehead atoms. The minimum atomic E-state index is -0.149. The van der Waals surface area contributed by atoms with Gasteiger partial charge in [0, 0.05) is 11.6 Å². The molecule has 4 heteroatoms. The molecule has 1 saturated carbocycles. The second-order valence-corrected chi connectivity index (χ2v) is 7.61. The molecule has 4 nitrogen and oxygen atoms in total. The molecule has 1 aromatic heterocycles. The van der Waals surface area contributed by atoms with E-state index in [1.807, 2.05) is 12.1 Å². The second kappa shape index (κ2) is 9.02. The highest BCUT2D eigenvalue weighted by Gasteiger charge is 2.22. The molecule has 1 aliphatic carbocycles. The number of nitrogens with zero attached hydrogens (tertiary/aromatic N) is 1. The Morgan fingerprint density at radius 1 is 1.15 bits per heavy atom. The van der Waals surface area contributed by atoms with Crippen molar-refractivity contribution in [3.63, 3.8) is 0 Å². The SMILES string of the molecule is CCCCCC1CCC(c2ccc(C(=O)Nc3cc(C)on3)cc2)CC1. The number of nitrogens with one attached hydrogen (secondary N) is 1. The van der Waals surface area contributed by atoms with Crippen molar-refractivity contribution in [2.75, 3.05) is 5.32 Å². The topological polar surface area (TPSA) is 55.1 Å². The molecule has 1 N–H and O–H groups in total. The van der Waals surface area contributed by atoms with Crippen LogP contribution in [0.4, 0.5) is 5.82 Å². The quantitative estimate of drug-likeness (QED) is 0.612. The first-order chi connectivity index (χ1) is 12.7. The van der Waals surface area contributed by atoms with Crippen LogP contribution in [0.5, 0.6) is 0 Å². The van der Waals surface area contributed by atoms with Crippen LogP contribution in [0.3, 0.4) is 0 Å². The van der Waals surface area contributed by atoms with Gasteiger partial charge in [-0.2, -0.15) is 0 Å². The summed E-state index contributed by atoms with van der Waals surface area (Å²) in [5.41, 5.74) is 2.02. The molecular formula is C22H30N2O2. The van der Waals surface area contributed by atoms with Gasteiger partial charge in [-0.1, -0.05) is 49.9 Å². The van der Waals surface area contributed by atoms with E-state index in [0.29, 0.717) is 23.1 Å². The Balaban J connectivity index is 1.51. The molecule has 140 valence electrons. The third kappa shape index (κ3) is 4.96. The van der Waals surface area contributed by atoms with Crippen LogP contribution in [0.25, 0.3) is 0 Å². The largest absolute Gasteiger partial charge is 0.360 e. The number of carbonyl (C=O) groups excluding carboxylic acids is 1. The predicted octanol–water partition coefficient (Wildman–Crippen LogP) is 6.09. The highest BCUT2D eigenvalue weighted by Crippen LogP contribution is 2.37. The highest BCUT2D eigenvalue weighted by atomic mass is 16.5. The number of anilines is 1. The number of aromatic nitrogens is 1. The summed E-state index contributed by atoms with van der Waals surface area (Å²) in [7, 11) is 0. The van der Waals surface area contributed by atoms with Gasteiger partial charge in [0.25, 0.3) is 5.91 Å². The third-order valence-electron chi connectivity index (χ3n) is 5.58. The van der Waals surface area contributed by atoms with Gasteiger partial charge in [-0.15, -0.1) is 0 Å². The molecule has 0 spiro atoms. The van der Waals surface area contributed by atoms with E-state index in [0.717, 1.165) is 5.92 Å². The molecule has 1 fully saturated rings. The molecule has 1 aromatic carbocycles. The molecule has 0 aliphatic heterocycles. The van der Waals surface area contributed by atoms with Gasteiger partial charge in [-0.3, -0.25) is 4.79 Å². The maximum Gasteiger partial charge on any atom is 0.256 e. The Morgan fingerprint density at radius 3 is 2.50 bits per heavy atom. The van der Waals surface area contributed by atoms with Crippen molar-refractivity contribution < 1.29 is 9.32 Å². The molecule has 0 atom stereocenters. The standard InChI is InChI=1S/C22H30N2O2/c1-3-4-5-6-17-7-9-18(10-8-17)19-11-13-20(14-12-19)22(25)23-21-15-16(2)26-24-21/h11-15,17-18H,3-10H2,1-2H3,(H,23,24,25). The van der Waals surface area contributed by atoms with Crippen LogP contribution in [-0.2, 0) is 0 Å². The van der Waals surface area contributed by atoms with Crippen LogP contribution in [0.15, 0.2) is 34.9 Å². The van der Waals surface area contributed by atoms with E-state index in [-0.39, 0.29) is 5.91 Å². The average molecular weight is 354 g/mol. The van der Waals surface area contributed by atoms with E-state index in [1.165, 1.54) is 56.9 Å². The maximum atomic E-state index is 12.3. The fourth-order valence-electron chi connectivity index (χ4n) is 3.99. The lowest BCUT2D eigenvalue weighted by Gasteiger charge is -2.29. The Morgan fingerprint density at radius 2 is 1.88 bits per heavy atom. The van der Waals surface area contributed by atoms with Gasteiger partial charge >= 0.3 is 0 Å². The molecule has 1 heterocycles. The van der Waals surface area contributed by atoms with Gasteiger partial charge in [0.2, 0.25) is 0 Å². The predicted molar refractivity (Wildman–Crippen MR) is 104 cm³/mol. The lowest BCUT2D eigenvalue weighted by molar-refractivity contribution is 0.102. The van der Waals surface area contributed by atoms with Crippen molar-refractivity contribution in [3.8, 4) is 0 Å². The summed E-state index contributed by atoms with van der Waals surface area (Å²) in [6.07, 6.45) is 10.7. The molecule has 1 aliphatic rings. The zero-order chi connectivity index (χ0) is 18.4. The first kappa shape index (κ1) is 18.7. The number of rotatable bonds is 7. The number of unbranched alkanes of at least 4 members (excludes halogenated alkanes) is 2. The summed E-state index contributed by atoms with van der Waals surface area (Å²) in [4.78, 5) is 12.3. The van der Waals surface area contributed by atoms with E-state index in [2.05, 4.69) is 29.5 Å². The normalized spacial score (nSPS) is 20.1. The zero-order valence-electron chi connectivity index (χ0n) is 16.0. The number of carbonyl (C=O) groups is 1. The molecule has 0 saturated heterocycles. The summed E-state index contributed by atoms with van der Waals surface area (Å²) in [6, 6.07) is 9.79. The van der Waals surface area contributed by atoms with E-state index >= 15 is 0 Å². The van der Waals surface area contributed by atoms with Crippen molar-refractivity contribution in [1.29, 1.82) is 0 Å². The number of benzene rings is 1. The van der Waals surface area contributed by atoms with Crippen LogP contribution < -0.4 is 5.32 Å². The Hall–Kier alpha value is -2.10. The fraction of sp³-hybridized carbons (Fsp3) is 0.545. The van der Waals surface area contributed by atoms with Crippen LogP contribution in [0.1, 0.15) is 85.9 Å². The minimum absolute atomic E-state index is 0.149. The highest BCUT2D eigenvalue weighted by molar-refractivity contribution is 6.03. The maximum absolute atomic E-state index is 12.3. The van der Waals surface area contributed by atoms with Crippen molar-refractivity contribution >= 4 is 11.7 Å². The van der Waals surface area contributed by atoms with Gasteiger partial charge in [-0.25, -0.2) is 0 Å². The first-order valence-electron chi connectivity index (χ1n) is 10.0. The smallest absolute Gasteiger partial charge is 0.256 e. The summed E-state index contributed by atoms with van der Waals surface area (Å²) in [5, 5.41) is 6.56. The van der Waals surface area contributed by atoms with E-state index in [1.54, 1.807) is 13.0 Å². The number of amides is 1. The van der Waals surface area contributed by atoms with Crippen molar-refractivity contribution in [2.24, 2.45) is 5.92 Å². The monoisotopic (exact) mass is 354 g/mol. The van der Waals surface area contributed by atoms with Crippen LogP contribution >= 0.6 is 0 Å². The zero-order valence-corrected chi connectivity index (χ0v) is 16.0. The van der Waals surface area contributed by atoms with Crippen LogP contribution in [0.2, 0.25) is 0 Å². The molecule has 26 heavy (non-hydrogen) atoms. The minimum Gasteiger partial charge on any atom is -0.360 e. The van der Waals surface area contributed by atoms with Gasteiger partial charge < -0.3 is 9.84 Å². The molecule has 1 amide bonds. The lowest BCUT2D eigenvalue weighted by Crippen LogP contribution is -2.14. The van der Waals surface area contributed by atoms with E-state index in [9.17, 15) is 4.79 Å². The van der Waals surface area contributed by atoms with E-state index in [4.69, 9.17) is 4.52 Å². The van der Waals surface area contributed by atoms with Gasteiger partial charge in [0.05, 0.1) is 0 Å². The number of aryl methyl sites for hydroxylation is 1. The molecular weight excluding hydrogens is 324 g/mol. The van der Waals surface area contributed by atoms with Crippen molar-refractivity contribution in [2.45, 2.75) is 71.1 Å². The van der Waals surface area contributed by atoms with Crippen molar-refractivity contribution in [3.05, 3.63) is 47.2 Å². The molecule has 0 radical (unpaired) electrons. The molecule has 2 aromatic rings. The summed E-state index contributed by atoms with van der Waals surface area (Å²) >= 11 is 0. The first-order valence-corrected chi connectivity index (χ1v) is 10.0. The fourth-order valence-corrected chi connectivity index (χ4v) is 3.99. The molecule has 0 unspecified atom stereocenters. The number of hydrogen-bond acceptors (Lipinski definition) is 3. The van der Waals surface area contributed by atoms with Crippen molar-refractivity contribution in [1.82, 2.24) is 5.16 Å². The Labute approximate surface area is 156 Å². The summed E-state index contributed by atoms with van der Waals surface area (Å²) < 4.78 is 4.97. The van der Waals surface area contributed by atoms with E-state index < -0.39 is 0 Å². The summed E-state index contributed by atoms with van der Waals surface area (Å²) in [5.74, 6) is 2.56. The average Bonchev–Trinajstić information content (AvgIpc) is 3.07. The third-order valence-corrected chi connectivity index (χ3v) is 5.58.